The van der Waals surface area contributed by atoms with Gasteiger partial charge < -0.3 is 10.1 Å². The molecule has 0 spiro atoms. The fraction of sp³-hybridized carbons (Fsp3) is 0.467. The van der Waals surface area contributed by atoms with Gasteiger partial charge in [-0.05, 0) is 45.4 Å². The molecule has 0 fully saturated rings. The molecule has 1 rings (SSSR count). The first-order chi connectivity index (χ1) is 8.88. The fourth-order valence-electron chi connectivity index (χ4n) is 1.42. The minimum absolute atomic E-state index is 0.158. The summed E-state index contributed by atoms with van der Waals surface area (Å²) in [7, 11) is 0. The largest absolute Gasteiger partial charge is 0.481 e. The molecule has 1 aromatic carbocycles. The number of nitrogens with zero attached hydrogens (tertiary/aromatic N) is 1. The van der Waals surface area contributed by atoms with Crippen LogP contribution in [0.25, 0.3) is 0 Å². The van der Waals surface area contributed by atoms with E-state index in [0.29, 0.717) is 11.3 Å². The molecule has 1 N–H and O–H groups in total. The maximum Gasteiger partial charge on any atom is 0.261 e. The second-order valence-electron chi connectivity index (χ2n) is 5.13. The third kappa shape index (κ3) is 4.63. The Hall–Kier alpha value is -2.02. The van der Waals surface area contributed by atoms with Crippen molar-refractivity contribution in [2.75, 3.05) is 0 Å². The highest BCUT2D eigenvalue weighted by atomic mass is 16.5. The number of carbonyl (C=O) groups excluding carboxylic acids is 1. The third-order valence-corrected chi connectivity index (χ3v) is 2.99. The van der Waals surface area contributed by atoms with Crippen molar-refractivity contribution >= 4 is 5.91 Å². The number of nitriles is 1. The molecule has 1 atom stereocenters. The van der Waals surface area contributed by atoms with Gasteiger partial charge in [-0.15, -0.1) is 0 Å². The first kappa shape index (κ1) is 15.0. The standard InChI is InChI=1S/C15H20N2O2/c1-5-15(3,4)17-14(18)11(2)19-13-8-6-7-12(9-13)10-16/h6-9,11H,5H2,1-4H3,(H,17,18). The molecular formula is C15H20N2O2. The van der Waals surface area contributed by atoms with Crippen LogP contribution in [0, 0.1) is 11.3 Å². The molecule has 0 aliphatic heterocycles. The number of nitrogens with one attached hydrogen (secondary N) is 1. The zero-order valence-electron chi connectivity index (χ0n) is 11.9. The normalized spacial score (nSPS) is 12.4. The van der Waals surface area contributed by atoms with Gasteiger partial charge >= 0.3 is 0 Å². The van der Waals surface area contributed by atoms with E-state index >= 15 is 0 Å². The van der Waals surface area contributed by atoms with Crippen LogP contribution in [0.3, 0.4) is 0 Å². The van der Waals surface area contributed by atoms with Gasteiger partial charge in [0.05, 0.1) is 11.6 Å². The average molecular weight is 260 g/mol. The predicted octanol–water partition coefficient (Wildman–Crippen LogP) is 2.63. The lowest BCUT2D eigenvalue weighted by Gasteiger charge is -2.26. The van der Waals surface area contributed by atoms with Crippen molar-refractivity contribution in [3.8, 4) is 11.8 Å². The van der Waals surface area contributed by atoms with E-state index in [1.165, 1.54) is 0 Å². The monoisotopic (exact) mass is 260 g/mol. The third-order valence-electron chi connectivity index (χ3n) is 2.99. The average Bonchev–Trinajstić information content (AvgIpc) is 2.38. The lowest BCUT2D eigenvalue weighted by molar-refractivity contribution is -0.128. The Balaban J connectivity index is 2.66. The van der Waals surface area contributed by atoms with E-state index in [2.05, 4.69) is 5.32 Å². The second-order valence-corrected chi connectivity index (χ2v) is 5.13. The summed E-state index contributed by atoms with van der Waals surface area (Å²) in [5.41, 5.74) is 0.266. The molecule has 0 heterocycles. The first-order valence-electron chi connectivity index (χ1n) is 6.37. The summed E-state index contributed by atoms with van der Waals surface area (Å²) in [5.74, 6) is 0.366. The zero-order valence-corrected chi connectivity index (χ0v) is 11.9. The van der Waals surface area contributed by atoms with Crippen LogP contribution < -0.4 is 10.1 Å². The molecule has 0 saturated carbocycles. The van der Waals surface area contributed by atoms with Crippen molar-refractivity contribution in [2.24, 2.45) is 0 Å². The molecule has 102 valence electrons. The molecule has 0 radical (unpaired) electrons. The van der Waals surface area contributed by atoms with Crippen molar-refractivity contribution in [1.29, 1.82) is 5.26 Å². The molecular weight excluding hydrogens is 240 g/mol. The predicted molar refractivity (Wildman–Crippen MR) is 73.8 cm³/mol. The van der Waals surface area contributed by atoms with Crippen LogP contribution in [0.15, 0.2) is 24.3 Å². The van der Waals surface area contributed by atoms with Gasteiger partial charge in [0.2, 0.25) is 0 Å². The molecule has 0 aliphatic carbocycles. The second kappa shape index (κ2) is 6.24. The van der Waals surface area contributed by atoms with E-state index in [4.69, 9.17) is 10.00 Å². The number of hydrogen-bond acceptors (Lipinski definition) is 3. The highest BCUT2D eigenvalue weighted by Gasteiger charge is 2.22. The Kier molecular flexibility index (Phi) is 4.94. The zero-order chi connectivity index (χ0) is 14.5. The van der Waals surface area contributed by atoms with Crippen LogP contribution in [0.5, 0.6) is 5.75 Å². The van der Waals surface area contributed by atoms with Gasteiger partial charge in [-0.3, -0.25) is 4.79 Å². The molecule has 0 bridgehead atoms. The lowest BCUT2D eigenvalue weighted by Crippen LogP contribution is -2.48. The van der Waals surface area contributed by atoms with Gasteiger partial charge in [-0.1, -0.05) is 13.0 Å². The molecule has 4 heteroatoms. The molecule has 1 unspecified atom stereocenters. The molecule has 0 aromatic heterocycles. The molecule has 4 nitrogen and oxygen atoms in total. The van der Waals surface area contributed by atoms with Crippen molar-refractivity contribution in [1.82, 2.24) is 5.32 Å². The Morgan fingerprint density at radius 3 is 2.79 bits per heavy atom. The smallest absolute Gasteiger partial charge is 0.261 e. The molecule has 1 aromatic rings. The SMILES string of the molecule is CCC(C)(C)NC(=O)C(C)Oc1cccc(C#N)c1. The summed E-state index contributed by atoms with van der Waals surface area (Å²) in [6, 6.07) is 8.81. The summed E-state index contributed by atoms with van der Waals surface area (Å²) < 4.78 is 5.55. The highest BCUT2D eigenvalue weighted by Crippen LogP contribution is 2.15. The van der Waals surface area contributed by atoms with Crippen molar-refractivity contribution < 1.29 is 9.53 Å². The molecule has 0 aliphatic rings. The van der Waals surface area contributed by atoms with E-state index in [9.17, 15) is 4.79 Å². The number of hydrogen-bond donors (Lipinski definition) is 1. The molecule has 19 heavy (non-hydrogen) atoms. The van der Waals surface area contributed by atoms with Crippen LogP contribution in [0.4, 0.5) is 0 Å². The van der Waals surface area contributed by atoms with Gasteiger partial charge in [0.15, 0.2) is 6.10 Å². The van der Waals surface area contributed by atoms with E-state index in [0.717, 1.165) is 6.42 Å². The topological polar surface area (TPSA) is 62.1 Å². The maximum absolute atomic E-state index is 12.0. The van der Waals surface area contributed by atoms with Gasteiger partial charge in [-0.2, -0.15) is 5.26 Å². The molecule has 1 amide bonds. The maximum atomic E-state index is 12.0. The van der Waals surface area contributed by atoms with Crippen molar-refractivity contribution in [2.45, 2.75) is 45.8 Å². The summed E-state index contributed by atoms with van der Waals surface area (Å²) in [6.45, 7) is 7.64. The highest BCUT2D eigenvalue weighted by molar-refractivity contribution is 5.81. The fourth-order valence-corrected chi connectivity index (χ4v) is 1.42. The quantitative estimate of drug-likeness (QED) is 0.885. The van der Waals surface area contributed by atoms with Gasteiger partial charge in [0.25, 0.3) is 5.91 Å². The Morgan fingerprint density at radius 1 is 1.53 bits per heavy atom. The van der Waals surface area contributed by atoms with E-state index in [1.54, 1.807) is 31.2 Å². The van der Waals surface area contributed by atoms with Crippen LogP contribution in [0.2, 0.25) is 0 Å². The van der Waals surface area contributed by atoms with Crippen molar-refractivity contribution in [3.05, 3.63) is 29.8 Å². The number of ether oxygens (including phenoxy) is 1. The summed E-state index contributed by atoms with van der Waals surface area (Å²) in [4.78, 5) is 12.0. The first-order valence-corrected chi connectivity index (χ1v) is 6.37. The van der Waals surface area contributed by atoms with Gasteiger partial charge in [0, 0.05) is 5.54 Å². The lowest BCUT2D eigenvalue weighted by atomic mass is 10.0. The van der Waals surface area contributed by atoms with Crippen molar-refractivity contribution in [3.63, 3.8) is 0 Å². The van der Waals surface area contributed by atoms with Crippen LogP contribution in [-0.2, 0) is 4.79 Å². The summed E-state index contributed by atoms with van der Waals surface area (Å²) >= 11 is 0. The van der Waals surface area contributed by atoms with E-state index in [-0.39, 0.29) is 11.4 Å². The Morgan fingerprint density at radius 2 is 2.21 bits per heavy atom. The Labute approximate surface area is 114 Å². The van der Waals surface area contributed by atoms with Gasteiger partial charge in [0.1, 0.15) is 5.75 Å². The van der Waals surface area contributed by atoms with E-state index in [1.807, 2.05) is 26.8 Å². The number of amides is 1. The number of carbonyl (C=O) groups is 1. The minimum atomic E-state index is -0.597. The molecule has 0 saturated heterocycles. The van der Waals surface area contributed by atoms with Gasteiger partial charge in [-0.25, -0.2) is 0 Å². The minimum Gasteiger partial charge on any atom is -0.481 e. The van der Waals surface area contributed by atoms with Crippen LogP contribution >= 0.6 is 0 Å². The van der Waals surface area contributed by atoms with Crippen LogP contribution in [0.1, 0.15) is 39.7 Å². The van der Waals surface area contributed by atoms with Crippen LogP contribution in [-0.4, -0.2) is 17.6 Å². The number of benzene rings is 1. The number of rotatable bonds is 5. The van der Waals surface area contributed by atoms with E-state index < -0.39 is 6.10 Å². The summed E-state index contributed by atoms with van der Waals surface area (Å²) in [6.07, 6.45) is 0.245. The summed E-state index contributed by atoms with van der Waals surface area (Å²) in [5, 5.41) is 11.7. The Bertz CT molecular complexity index is 489.